The Hall–Kier alpha value is -3.37. The Balaban J connectivity index is 1.29. The molecule has 2 aromatic rings. The summed E-state index contributed by atoms with van der Waals surface area (Å²) < 4.78 is 12.1. The maximum Gasteiger partial charge on any atom is 0.139 e. The fourth-order valence-electron chi connectivity index (χ4n) is 6.72. The zero-order valence-electron chi connectivity index (χ0n) is 27.2. The molecule has 3 aliphatic rings. The van der Waals surface area contributed by atoms with E-state index in [1.807, 2.05) is 42.8 Å². The average Bonchev–Trinajstić information content (AvgIpc) is 3.07. The van der Waals surface area contributed by atoms with Gasteiger partial charge in [0.05, 0.1) is 24.9 Å². The number of aromatic nitrogens is 1. The Kier molecular flexibility index (Phi) is 14.6. The quantitative estimate of drug-likeness (QED) is 0.0701. The van der Waals surface area contributed by atoms with Crippen LogP contribution in [0.3, 0.4) is 0 Å². The second-order valence-electron chi connectivity index (χ2n) is 12.3. The number of hydrogen-bond acceptors (Lipinski definition) is 4. The summed E-state index contributed by atoms with van der Waals surface area (Å²) in [5.74, 6) is 2.07. The van der Waals surface area contributed by atoms with E-state index in [1.165, 1.54) is 64.2 Å². The van der Waals surface area contributed by atoms with Gasteiger partial charge in [-0.1, -0.05) is 107 Å². The molecule has 0 spiro atoms. The van der Waals surface area contributed by atoms with Crippen LogP contribution in [0.25, 0.3) is 10.9 Å². The molecular formula is C40H54N2O2. The van der Waals surface area contributed by atoms with Gasteiger partial charge in [0.15, 0.2) is 0 Å². The summed E-state index contributed by atoms with van der Waals surface area (Å²) in [4.78, 5) is 7.22. The zero-order valence-corrected chi connectivity index (χ0v) is 27.2. The monoisotopic (exact) mass is 594 g/mol. The Bertz CT molecular complexity index is 1290. The summed E-state index contributed by atoms with van der Waals surface area (Å²) in [6.45, 7) is 8.56. The number of fused-ring (bicyclic) bond motifs is 4. The van der Waals surface area contributed by atoms with Crippen molar-refractivity contribution in [2.75, 3.05) is 20.2 Å². The number of allylic oxidation sites excluding steroid dienone is 9. The van der Waals surface area contributed by atoms with Crippen LogP contribution in [0.4, 0.5) is 0 Å². The molecule has 0 aliphatic carbocycles. The minimum atomic E-state index is -0.0955. The fourth-order valence-corrected chi connectivity index (χ4v) is 6.72. The fraction of sp³-hybridized carbons (Fsp3) is 0.475. The molecule has 1 aromatic heterocycles. The molecule has 1 unspecified atom stereocenters. The van der Waals surface area contributed by atoms with E-state index in [1.54, 1.807) is 7.11 Å². The van der Waals surface area contributed by atoms with Crippen molar-refractivity contribution in [3.05, 3.63) is 110 Å². The first-order valence-corrected chi connectivity index (χ1v) is 17.0. The van der Waals surface area contributed by atoms with Crippen molar-refractivity contribution in [3.8, 4) is 5.75 Å². The Morgan fingerprint density at radius 2 is 1.66 bits per heavy atom. The van der Waals surface area contributed by atoms with Crippen LogP contribution in [0.2, 0.25) is 0 Å². The van der Waals surface area contributed by atoms with Crippen LogP contribution in [0.1, 0.15) is 89.2 Å². The van der Waals surface area contributed by atoms with Gasteiger partial charge < -0.3 is 9.47 Å². The van der Waals surface area contributed by atoms with Gasteiger partial charge in [-0.05, 0) is 74.4 Å². The first kappa shape index (κ1) is 33.5. The third kappa shape index (κ3) is 10.1. The average molecular weight is 595 g/mol. The first-order valence-electron chi connectivity index (χ1n) is 17.0. The van der Waals surface area contributed by atoms with Crippen LogP contribution in [0.15, 0.2) is 104 Å². The highest BCUT2D eigenvalue weighted by Gasteiger charge is 2.43. The molecule has 0 radical (unpaired) electrons. The number of piperidine rings is 3. The first-order chi connectivity index (χ1) is 21.7. The van der Waals surface area contributed by atoms with E-state index in [-0.39, 0.29) is 6.10 Å². The number of rotatable bonds is 19. The van der Waals surface area contributed by atoms with Crippen LogP contribution in [0.5, 0.6) is 5.75 Å². The lowest BCUT2D eigenvalue weighted by Gasteiger charge is -2.51. The van der Waals surface area contributed by atoms with Crippen molar-refractivity contribution in [1.82, 2.24) is 9.88 Å². The number of benzene rings is 1. The van der Waals surface area contributed by atoms with Gasteiger partial charge in [-0.2, -0.15) is 0 Å². The van der Waals surface area contributed by atoms with Gasteiger partial charge in [-0.25, -0.2) is 0 Å². The van der Waals surface area contributed by atoms with Gasteiger partial charge in [-0.15, -0.1) is 6.58 Å². The number of nitrogens with zero attached hydrogens (tertiary/aromatic N) is 2. The number of hydrogen-bond donors (Lipinski definition) is 0. The highest BCUT2D eigenvalue weighted by molar-refractivity contribution is 5.84. The molecule has 2 bridgehead atoms. The summed E-state index contributed by atoms with van der Waals surface area (Å²) in [6.07, 6.45) is 39.1. The molecule has 1 aromatic carbocycles. The van der Waals surface area contributed by atoms with Crippen LogP contribution < -0.4 is 4.74 Å². The third-order valence-electron chi connectivity index (χ3n) is 9.23. The molecule has 4 heteroatoms. The predicted octanol–water partition coefficient (Wildman–Crippen LogP) is 10.5. The molecule has 5 atom stereocenters. The number of ether oxygens (including phenoxy) is 2. The lowest BCUT2D eigenvalue weighted by molar-refractivity contribution is -0.0492. The standard InChI is InChI=1S/C40H54N2O2/c1-4-6-7-8-9-10-11-12-13-14-15-16-17-18-19-20-21-22-29-44-40(39-30-34-26-28-42(39)32-33(34)5-2)36-25-27-41-38-24-23-35(43-3)31-37(36)38/h5,14-25,27,29,31,33-34,39-40H,2,4,6-13,26,28,30,32H2,1,3H3/b15-14+,17-16+,19-18+,21-20+,29-22+/t33-,34-,39-,40+/m0/s1. The molecule has 4 heterocycles. The van der Waals surface area contributed by atoms with Crippen molar-refractivity contribution < 1.29 is 9.47 Å². The van der Waals surface area contributed by atoms with E-state index in [9.17, 15) is 0 Å². The van der Waals surface area contributed by atoms with E-state index in [0.717, 1.165) is 41.7 Å². The summed E-state index contributed by atoms with van der Waals surface area (Å²) in [5.41, 5.74) is 2.12. The van der Waals surface area contributed by atoms with Gasteiger partial charge in [0.1, 0.15) is 11.9 Å². The molecule has 0 saturated carbocycles. The molecule has 44 heavy (non-hydrogen) atoms. The van der Waals surface area contributed by atoms with E-state index >= 15 is 0 Å². The SMILES string of the molecule is C=C[C@H]1CN2CC[C@H]1C[C@H]2[C@H](O/C=C/C=C/C=C/C=C/C=C/CCCCCCCCCC)c1ccnc2ccc(OC)cc12. The minimum Gasteiger partial charge on any atom is -0.497 e. The van der Waals surface area contributed by atoms with Crippen molar-refractivity contribution in [3.63, 3.8) is 0 Å². The molecular weight excluding hydrogens is 540 g/mol. The Morgan fingerprint density at radius 3 is 2.36 bits per heavy atom. The maximum absolute atomic E-state index is 6.58. The number of pyridine rings is 1. The van der Waals surface area contributed by atoms with Gasteiger partial charge in [0, 0.05) is 23.7 Å². The van der Waals surface area contributed by atoms with Gasteiger partial charge in [-0.3, -0.25) is 9.88 Å². The second-order valence-corrected chi connectivity index (χ2v) is 12.3. The third-order valence-corrected chi connectivity index (χ3v) is 9.23. The summed E-state index contributed by atoms with van der Waals surface area (Å²) in [5, 5.41) is 1.09. The van der Waals surface area contributed by atoms with Crippen LogP contribution in [0, 0.1) is 11.8 Å². The van der Waals surface area contributed by atoms with E-state index in [0.29, 0.717) is 17.9 Å². The van der Waals surface area contributed by atoms with Gasteiger partial charge in [0.2, 0.25) is 0 Å². The Labute approximate surface area is 266 Å². The molecule has 0 N–H and O–H groups in total. The number of methoxy groups -OCH3 is 1. The highest BCUT2D eigenvalue weighted by Crippen LogP contribution is 2.43. The zero-order chi connectivity index (χ0) is 30.8. The van der Waals surface area contributed by atoms with E-state index in [4.69, 9.17) is 9.47 Å². The predicted molar refractivity (Wildman–Crippen MR) is 187 cm³/mol. The summed E-state index contributed by atoms with van der Waals surface area (Å²) in [6, 6.07) is 8.51. The Morgan fingerprint density at radius 1 is 0.932 bits per heavy atom. The van der Waals surface area contributed by atoms with Crippen molar-refractivity contribution >= 4 is 10.9 Å². The largest absolute Gasteiger partial charge is 0.497 e. The normalized spacial score (nSPS) is 22.8. The van der Waals surface area contributed by atoms with Gasteiger partial charge in [0.25, 0.3) is 0 Å². The molecule has 4 nitrogen and oxygen atoms in total. The van der Waals surface area contributed by atoms with E-state index in [2.05, 4.69) is 78.1 Å². The van der Waals surface area contributed by atoms with Crippen LogP contribution in [-0.2, 0) is 4.74 Å². The highest BCUT2D eigenvalue weighted by atomic mass is 16.5. The van der Waals surface area contributed by atoms with E-state index < -0.39 is 0 Å². The van der Waals surface area contributed by atoms with Crippen LogP contribution in [-0.4, -0.2) is 36.1 Å². The summed E-state index contributed by atoms with van der Waals surface area (Å²) in [7, 11) is 1.71. The summed E-state index contributed by atoms with van der Waals surface area (Å²) >= 11 is 0. The van der Waals surface area contributed by atoms with Crippen molar-refractivity contribution in [2.24, 2.45) is 11.8 Å². The molecule has 236 valence electrons. The van der Waals surface area contributed by atoms with Gasteiger partial charge >= 0.3 is 0 Å². The number of unbranched alkanes of at least 4 members (excludes halogenated alkanes) is 8. The smallest absolute Gasteiger partial charge is 0.139 e. The van der Waals surface area contributed by atoms with Crippen molar-refractivity contribution in [1.29, 1.82) is 0 Å². The minimum absolute atomic E-state index is 0.0955. The molecule has 3 aliphatic heterocycles. The van der Waals surface area contributed by atoms with Crippen LogP contribution >= 0.6 is 0 Å². The lowest BCUT2D eigenvalue weighted by Crippen LogP contribution is -2.55. The topological polar surface area (TPSA) is 34.6 Å². The molecule has 3 saturated heterocycles. The lowest BCUT2D eigenvalue weighted by atomic mass is 9.73. The van der Waals surface area contributed by atoms with Crippen molar-refractivity contribution in [2.45, 2.75) is 89.7 Å². The second kappa shape index (κ2) is 19.1. The molecule has 0 amide bonds. The molecule has 3 fully saturated rings. The molecule has 5 rings (SSSR count). The maximum atomic E-state index is 6.58.